The number of benzene rings is 1. The van der Waals surface area contributed by atoms with Crippen molar-refractivity contribution in [3.8, 4) is 0 Å². The Hall–Kier alpha value is -1.42. The van der Waals surface area contributed by atoms with Crippen molar-refractivity contribution in [1.82, 2.24) is 10.2 Å². The molecule has 2 rings (SSSR count). The van der Waals surface area contributed by atoms with Gasteiger partial charge in [-0.2, -0.15) is 0 Å². The van der Waals surface area contributed by atoms with Gasteiger partial charge >= 0.3 is 0 Å². The number of hydrogen-bond acceptors (Lipinski definition) is 2. The Labute approximate surface area is 113 Å². The van der Waals surface area contributed by atoms with Crippen molar-refractivity contribution in [3.63, 3.8) is 0 Å². The lowest BCUT2D eigenvalue weighted by Gasteiger charge is -2.47. The fourth-order valence-electron chi connectivity index (χ4n) is 2.59. The van der Waals surface area contributed by atoms with Gasteiger partial charge in [0.05, 0.1) is 0 Å². The van der Waals surface area contributed by atoms with Crippen molar-refractivity contribution in [2.75, 3.05) is 20.6 Å². The summed E-state index contributed by atoms with van der Waals surface area (Å²) in [6.45, 7) is 2.40. The number of hydrogen-bond donors (Lipinski definition) is 1. The van der Waals surface area contributed by atoms with E-state index in [9.17, 15) is 9.18 Å². The number of nitrogens with zero attached hydrogens (tertiary/aromatic N) is 1. The summed E-state index contributed by atoms with van der Waals surface area (Å²) in [7, 11) is 4.10. The summed E-state index contributed by atoms with van der Waals surface area (Å²) in [6.07, 6.45) is 3.44. The maximum atomic E-state index is 13.0. The van der Waals surface area contributed by atoms with Crippen LogP contribution >= 0.6 is 0 Å². The minimum absolute atomic E-state index is 0.101. The van der Waals surface area contributed by atoms with Gasteiger partial charge in [0.25, 0.3) is 5.91 Å². The van der Waals surface area contributed by atoms with E-state index in [0.29, 0.717) is 17.7 Å². The van der Waals surface area contributed by atoms with Gasteiger partial charge in [-0.1, -0.05) is 0 Å². The first-order chi connectivity index (χ1) is 8.94. The number of carbonyl (C=O) groups excluding carboxylic acids is 1. The van der Waals surface area contributed by atoms with Crippen LogP contribution in [0.1, 0.15) is 35.2 Å². The van der Waals surface area contributed by atoms with Crippen LogP contribution in [0.15, 0.2) is 18.2 Å². The molecule has 0 aliphatic heterocycles. The first-order valence-electron chi connectivity index (χ1n) is 6.66. The summed E-state index contributed by atoms with van der Waals surface area (Å²) in [5.74, 6) is -0.427. The smallest absolute Gasteiger partial charge is 0.251 e. The molecule has 0 spiro atoms. The van der Waals surface area contributed by atoms with Crippen LogP contribution in [0.2, 0.25) is 0 Å². The Morgan fingerprint density at radius 2 is 2.11 bits per heavy atom. The molecule has 1 N–H and O–H groups in total. The van der Waals surface area contributed by atoms with Crippen molar-refractivity contribution in [1.29, 1.82) is 0 Å². The maximum Gasteiger partial charge on any atom is 0.251 e. The molecule has 0 atom stereocenters. The summed E-state index contributed by atoms with van der Waals surface area (Å²) >= 11 is 0. The standard InChI is InChI=1S/C15H21FN2O/c1-11-9-12(16)5-6-13(11)14(19)17-10-15(18(2)3)7-4-8-15/h5-6,9H,4,7-8,10H2,1-3H3,(H,17,19). The van der Waals surface area contributed by atoms with E-state index in [1.165, 1.54) is 18.6 Å². The van der Waals surface area contributed by atoms with E-state index in [-0.39, 0.29) is 17.3 Å². The average Bonchev–Trinajstić information content (AvgIpc) is 2.26. The second-order valence-electron chi connectivity index (χ2n) is 5.61. The highest BCUT2D eigenvalue weighted by molar-refractivity contribution is 5.95. The zero-order valence-electron chi connectivity index (χ0n) is 11.8. The van der Waals surface area contributed by atoms with Crippen molar-refractivity contribution >= 4 is 5.91 Å². The predicted octanol–water partition coefficient (Wildman–Crippen LogP) is 2.35. The first-order valence-corrected chi connectivity index (χ1v) is 6.66. The highest BCUT2D eigenvalue weighted by atomic mass is 19.1. The number of nitrogens with one attached hydrogen (secondary N) is 1. The largest absolute Gasteiger partial charge is 0.350 e. The summed E-state index contributed by atoms with van der Waals surface area (Å²) in [4.78, 5) is 14.3. The Morgan fingerprint density at radius 1 is 1.42 bits per heavy atom. The van der Waals surface area contributed by atoms with Gasteiger partial charge in [-0.25, -0.2) is 4.39 Å². The second-order valence-corrected chi connectivity index (χ2v) is 5.61. The van der Waals surface area contributed by atoms with E-state index in [4.69, 9.17) is 0 Å². The fraction of sp³-hybridized carbons (Fsp3) is 0.533. The van der Waals surface area contributed by atoms with E-state index in [2.05, 4.69) is 24.3 Å². The van der Waals surface area contributed by atoms with Gasteiger partial charge in [0.15, 0.2) is 0 Å². The van der Waals surface area contributed by atoms with Crippen molar-refractivity contribution in [2.24, 2.45) is 0 Å². The van der Waals surface area contributed by atoms with Crippen molar-refractivity contribution in [3.05, 3.63) is 35.1 Å². The number of amides is 1. The quantitative estimate of drug-likeness (QED) is 0.905. The first kappa shape index (κ1) is 14.0. The van der Waals surface area contributed by atoms with Crippen LogP contribution in [0.25, 0.3) is 0 Å². The van der Waals surface area contributed by atoms with Gasteiger partial charge < -0.3 is 10.2 Å². The highest BCUT2D eigenvalue weighted by Crippen LogP contribution is 2.35. The SMILES string of the molecule is Cc1cc(F)ccc1C(=O)NCC1(N(C)C)CCC1. The van der Waals surface area contributed by atoms with Gasteiger partial charge in [0.1, 0.15) is 5.82 Å². The molecular formula is C15H21FN2O. The molecule has 0 aromatic heterocycles. The molecule has 1 aromatic carbocycles. The van der Waals surface area contributed by atoms with E-state index in [0.717, 1.165) is 12.8 Å². The van der Waals surface area contributed by atoms with Gasteiger partial charge in [-0.3, -0.25) is 4.79 Å². The summed E-state index contributed by atoms with van der Waals surface area (Å²) in [5, 5.41) is 2.98. The lowest BCUT2D eigenvalue weighted by Crippen LogP contribution is -2.57. The van der Waals surface area contributed by atoms with Crippen LogP contribution in [-0.4, -0.2) is 37.0 Å². The minimum Gasteiger partial charge on any atom is -0.350 e. The highest BCUT2D eigenvalue weighted by Gasteiger charge is 2.39. The van der Waals surface area contributed by atoms with Gasteiger partial charge in [0, 0.05) is 17.6 Å². The van der Waals surface area contributed by atoms with Crippen LogP contribution < -0.4 is 5.32 Å². The molecular weight excluding hydrogens is 243 g/mol. The van der Waals surface area contributed by atoms with E-state index < -0.39 is 0 Å². The van der Waals surface area contributed by atoms with Crippen molar-refractivity contribution in [2.45, 2.75) is 31.7 Å². The number of aryl methyl sites for hydroxylation is 1. The molecule has 0 heterocycles. The maximum absolute atomic E-state index is 13.0. The number of carbonyl (C=O) groups is 1. The normalized spacial score (nSPS) is 17.1. The summed E-state index contributed by atoms with van der Waals surface area (Å²) in [6, 6.07) is 4.26. The lowest BCUT2D eigenvalue weighted by molar-refractivity contribution is 0.0557. The van der Waals surface area contributed by atoms with E-state index >= 15 is 0 Å². The topological polar surface area (TPSA) is 32.3 Å². The van der Waals surface area contributed by atoms with Gasteiger partial charge in [0.2, 0.25) is 0 Å². The number of likely N-dealkylation sites (N-methyl/N-ethyl adjacent to an activating group) is 1. The third-order valence-corrected chi connectivity index (χ3v) is 4.24. The summed E-state index contributed by atoms with van der Waals surface area (Å²) in [5.41, 5.74) is 1.32. The molecule has 1 aliphatic rings. The fourth-order valence-corrected chi connectivity index (χ4v) is 2.59. The van der Waals surface area contributed by atoms with Crippen LogP contribution in [0.4, 0.5) is 4.39 Å². The zero-order valence-corrected chi connectivity index (χ0v) is 11.8. The Balaban J connectivity index is 2.01. The monoisotopic (exact) mass is 264 g/mol. The Morgan fingerprint density at radius 3 is 2.58 bits per heavy atom. The molecule has 1 fully saturated rings. The third kappa shape index (κ3) is 2.78. The molecule has 3 nitrogen and oxygen atoms in total. The summed E-state index contributed by atoms with van der Waals surface area (Å²) < 4.78 is 13.0. The average molecular weight is 264 g/mol. The molecule has 4 heteroatoms. The molecule has 0 saturated heterocycles. The number of rotatable bonds is 4. The molecule has 104 valence electrons. The molecule has 0 radical (unpaired) electrons. The molecule has 1 saturated carbocycles. The van der Waals surface area contributed by atoms with Gasteiger partial charge in [-0.05, 0) is 64.0 Å². The molecule has 1 amide bonds. The zero-order chi connectivity index (χ0) is 14.0. The molecule has 0 bridgehead atoms. The van der Waals surface area contributed by atoms with E-state index in [1.54, 1.807) is 13.0 Å². The van der Waals surface area contributed by atoms with E-state index in [1.807, 2.05) is 0 Å². The second kappa shape index (κ2) is 5.29. The van der Waals surface area contributed by atoms with Gasteiger partial charge in [-0.15, -0.1) is 0 Å². The molecule has 1 aliphatic carbocycles. The van der Waals surface area contributed by atoms with Crippen LogP contribution in [0, 0.1) is 12.7 Å². The van der Waals surface area contributed by atoms with Crippen molar-refractivity contribution < 1.29 is 9.18 Å². The van der Waals surface area contributed by atoms with Crippen LogP contribution in [0.3, 0.4) is 0 Å². The molecule has 0 unspecified atom stereocenters. The Bertz CT molecular complexity index is 481. The molecule has 1 aromatic rings. The minimum atomic E-state index is -0.308. The van der Waals surface area contributed by atoms with Crippen LogP contribution in [-0.2, 0) is 0 Å². The number of halogens is 1. The predicted molar refractivity (Wildman–Crippen MR) is 73.7 cm³/mol. The third-order valence-electron chi connectivity index (χ3n) is 4.24. The lowest BCUT2D eigenvalue weighted by atomic mass is 9.75. The van der Waals surface area contributed by atoms with Crippen LogP contribution in [0.5, 0.6) is 0 Å². The Kier molecular flexibility index (Phi) is 3.90. The molecule has 19 heavy (non-hydrogen) atoms.